The number of aromatic hydroxyl groups is 1. The molecule has 1 aliphatic rings. The number of nitrogens with one attached hydrogen (secondary N) is 1. The summed E-state index contributed by atoms with van der Waals surface area (Å²) in [7, 11) is 0. The third-order valence-corrected chi connectivity index (χ3v) is 4.33. The number of amides is 1. The Morgan fingerprint density at radius 3 is 2.66 bits per heavy atom. The Labute approximate surface area is 163 Å². The van der Waals surface area contributed by atoms with Gasteiger partial charge in [0.25, 0.3) is 0 Å². The van der Waals surface area contributed by atoms with Crippen molar-refractivity contribution in [2.75, 3.05) is 11.9 Å². The summed E-state index contributed by atoms with van der Waals surface area (Å²) in [5.41, 5.74) is 0.196. The molecule has 3 N–H and O–H groups in total. The molecule has 1 heterocycles. The maximum atomic E-state index is 12.9. The quantitative estimate of drug-likeness (QED) is 0.670. The summed E-state index contributed by atoms with van der Waals surface area (Å²) in [5.74, 6) is -2.02. The molecule has 0 aromatic heterocycles. The molecule has 0 unspecified atom stereocenters. The summed E-state index contributed by atoms with van der Waals surface area (Å²) >= 11 is 0. The van der Waals surface area contributed by atoms with E-state index in [0.29, 0.717) is 17.6 Å². The van der Waals surface area contributed by atoms with Crippen molar-refractivity contribution in [3.63, 3.8) is 0 Å². The topological polar surface area (TPSA) is 95.9 Å². The van der Waals surface area contributed by atoms with E-state index in [1.54, 1.807) is 0 Å². The summed E-state index contributed by atoms with van der Waals surface area (Å²) < 4.78 is 43.9. The van der Waals surface area contributed by atoms with E-state index >= 15 is 0 Å². The fraction of sp³-hybridized carbons (Fsp3) is 0.200. The Kier molecular flexibility index (Phi) is 5.49. The maximum absolute atomic E-state index is 12.9. The first-order valence-corrected chi connectivity index (χ1v) is 8.54. The van der Waals surface area contributed by atoms with Gasteiger partial charge in [0.15, 0.2) is 0 Å². The number of carboxylic acids is 1. The van der Waals surface area contributed by atoms with E-state index in [9.17, 15) is 27.9 Å². The molecule has 0 saturated heterocycles. The maximum Gasteiger partial charge on any atom is 0.416 e. The van der Waals surface area contributed by atoms with E-state index < -0.39 is 30.0 Å². The van der Waals surface area contributed by atoms with Gasteiger partial charge in [-0.05, 0) is 29.8 Å². The second-order valence-electron chi connectivity index (χ2n) is 6.34. The van der Waals surface area contributed by atoms with Gasteiger partial charge in [-0.1, -0.05) is 12.1 Å². The number of fused-ring (bicyclic) bond motifs is 1. The number of carboxylic acid groups (broad SMARTS) is 1. The molecule has 29 heavy (non-hydrogen) atoms. The first-order valence-electron chi connectivity index (χ1n) is 8.54. The smallest absolute Gasteiger partial charge is 0.416 e. The van der Waals surface area contributed by atoms with Crippen LogP contribution in [0.15, 0.2) is 42.5 Å². The van der Waals surface area contributed by atoms with Crippen LogP contribution >= 0.6 is 0 Å². The van der Waals surface area contributed by atoms with Crippen LogP contribution in [0.4, 0.5) is 18.9 Å². The highest BCUT2D eigenvalue weighted by molar-refractivity contribution is 6.05. The number of hydrogen-bond acceptors (Lipinski definition) is 4. The average Bonchev–Trinajstić information content (AvgIpc) is 2.63. The third kappa shape index (κ3) is 4.68. The number of phenols is 1. The highest BCUT2D eigenvalue weighted by Gasteiger charge is 2.32. The molecule has 3 rings (SSSR count). The van der Waals surface area contributed by atoms with E-state index in [1.165, 1.54) is 30.3 Å². The number of carbonyl (C=O) groups excluding carboxylic acids is 1. The molecule has 0 fully saturated rings. The van der Waals surface area contributed by atoms with E-state index in [4.69, 9.17) is 9.84 Å². The van der Waals surface area contributed by atoms with Gasteiger partial charge in [-0.15, -0.1) is 0 Å². The van der Waals surface area contributed by atoms with E-state index in [1.807, 2.05) is 0 Å². The number of halogens is 3. The van der Waals surface area contributed by atoms with Gasteiger partial charge < -0.3 is 20.3 Å². The monoisotopic (exact) mass is 407 g/mol. The highest BCUT2D eigenvalue weighted by atomic mass is 19.4. The van der Waals surface area contributed by atoms with Gasteiger partial charge >= 0.3 is 12.1 Å². The lowest BCUT2D eigenvalue weighted by atomic mass is 9.97. The van der Waals surface area contributed by atoms with Crippen molar-refractivity contribution >= 4 is 23.1 Å². The second kappa shape index (κ2) is 7.86. The van der Waals surface area contributed by atoms with Gasteiger partial charge in [0.2, 0.25) is 5.91 Å². The van der Waals surface area contributed by atoms with Gasteiger partial charge in [-0.25, -0.2) is 0 Å². The van der Waals surface area contributed by atoms with Crippen molar-refractivity contribution in [1.29, 1.82) is 0 Å². The minimum absolute atomic E-state index is 0.0362. The zero-order valence-electron chi connectivity index (χ0n) is 14.9. The lowest BCUT2D eigenvalue weighted by molar-refractivity contribution is -0.138. The number of anilines is 1. The lowest BCUT2D eigenvalue weighted by Gasteiger charge is -2.21. The number of alkyl halides is 3. The molecule has 2 aromatic rings. The van der Waals surface area contributed by atoms with Crippen molar-refractivity contribution in [3.8, 4) is 11.5 Å². The number of phenolic OH excluding ortho intramolecular Hbond substituents is 1. The van der Waals surface area contributed by atoms with Crippen LogP contribution in [0.1, 0.15) is 23.1 Å². The van der Waals surface area contributed by atoms with Crippen LogP contribution in [0.3, 0.4) is 0 Å². The summed E-state index contributed by atoms with van der Waals surface area (Å²) in [4.78, 5) is 23.4. The molecule has 1 aliphatic heterocycles. The van der Waals surface area contributed by atoms with Crippen LogP contribution in [0.5, 0.6) is 11.5 Å². The Morgan fingerprint density at radius 2 is 1.97 bits per heavy atom. The molecule has 6 nitrogen and oxygen atoms in total. The Morgan fingerprint density at radius 1 is 1.21 bits per heavy atom. The fourth-order valence-corrected chi connectivity index (χ4v) is 2.99. The van der Waals surface area contributed by atoms with Gasteiger partial charge in [0.05, 0.1) is 18.6 Å². The number of carbonyl (C=O) groups is 2. The summed E-state index contributed by atoms with van der Waals surface area (Å²) in [6.07, 6.45) is -3.46. The molecule has 2 aromatic carbocycles. The largest absolute Gasteiger partial charge is 0.508 e. The number of ether oxygens (including phenoxy) is 1. The molecule has 152 valence electrons. The zero-order valence-corrected chi connectivity index (χ0v) is 14.9. The first-order chi connectivity index (χ1) is 13.6. The van der Waals surface area contributed by atoms with Gasteiger partial charge in [0, 0.05) is 29.3 Å². The van der Waals surface area contributed by atoms with Crippen molar-refractivity contribution in [2.45, 2.75) is 19.0 Å². The highest BCUT2D eigenvalue weighted by Crippen LogP contribution is 2.38. The van der Waals surface area contributed by atoms with E-state index in [0.717, 1.165) is 12.1 Å². The zero-order chi connectivity index (χ0) is 21.2. The summed E-state index contributed by atoms with van der Waals surface area (Å²) in [6, 6.07) is 7.26. The number of aliphatic carboxylic acids is 1. The molecular formula is C20H16F3NO5. The predicted molar refractivity (Wildman–Crippen MR) is 97.6 cm³/mol. The van der Waals surface area contributed by atoms with Crippen LogP contribution in [-0.4, -0.2) is 28.7 Å². The first kappa shape index (κ1) is 20.2. The van der Waals surface area contributed by atoms with E-state index in [-0.39, 0.29) is 29.4 Å². The van der Waals surface area contributed by atoms with Crippen LogP contribution in [0.25, 0.3) is 5.57 Å². The van der Waals surface area contributed by atoms with Gasteiger partial charge in [0.1, 0.15) is 11.5 Å². The number of hydrogen-bond donors (Lipinski definition) is 3. The molecular weight excluding hydrogens is 391 g/mol. The van der Waals surface area contributed by atoms with E-state index in [2.05, 4.69) is 5.32 Å². The summed E-state index contributed by atoms with van der Waals surface area (Å²) in [5, 5.41) is 21.3. The molecule has 0 saturated carbocycles. The molecule has 1 amide bonds. The molecule has 0 radical (unpaired) electrons. The minimum atomic E-state index is -4.51. The Hall–Kier alpha value is -3.49. The normalized spacial score (nSPS) is 14.8. The van der Waals surface area contributed by atoms with Gasteiger partial charge in [-0.2, -0.15) is 13.2 Å². The van der Waals surface area contributed by atoms with Gasteiger partial charge in [-0.3, -0.25) is 9.59 Å². The van der Waals surface area contributed by atoms with Crippen LogP contribution in [0, 0.1) is 0 Å². The molecule has 0 aliphatic carbocycles. The standard InChI is InChI=1S/C20H16F3NO5/c21-20(22,23)12-4-5-13-11(6-7-29-17(13)9-12)8-18(26)24-15-2-1-3-16(25)14(15)10-19(27)28/h1-5,8-9,25H,6-7,10H2,(H,24,26)(H,27,28)/b11-8+. The van der Waals surface area contributed by atoms with Crippen LogP contribution in [-0.2, 0) is 22.2 Å². The van der Waals surface area contributed by atoms with Crippen LogP contribution in [0.2, 0.25) is 0 Å². The SMILES string of the molecule is O=C(O)Cc1c(O)cccc1NC(=O)/C=C1\CCOc2cc(C(F)(F)F)ccc21. The second-order valence-corrected chi connectivity index (χ2v) is 6.34. The predicted octanol–water partition coefficient (Wildman–Crippen LogP) is 3.84. The minimum Gasteiger partial charge on any atom is -0.508 e. The average molecular weight is 407 g/mol. The van der Waals surface area contributed by atoms with Crippen molar-refractivity contribution < 1.29 is 37.7 Å². The third-order valence-electron chi connectivity index (χ3n) is 4.33. The van der Waals surface area contributed by atoms with Crippen molar-refractivity contribution in [2.24, 2.45) is 0 Å². The molecule has 0 spiro atoms. The molecule has 0 atom stereocenters. The Balaban J connectivity index is 1.87. The van der Waals surface area contributed by atoms with Crippen molar-refractivity contribution in [3.05, 3.63) is 59.2 Å². The molecule has 9 heteroatoms. The van der Waals surface area contributed by atoms with Crippen LogP contribution < -0.4 is 10.1 Å². The number of benzene rings is 2. The molecule has 0 bridgehead atoms. The Bertz CT molecular complexity index is 998. The fourth-order valence-electron chi connectivity index (χ4n) is 2.99. The summed E-state index contributed by atoms with van der Waals surface area (Å²) in [6.45, 7) is 0.115. The lowest BCUT2D eigenvalue weighted by Crippen LogP contribution is -2.15. The van der Waals surface area contributed by atoms with Crippen molar-refractivity contribution in [1.82, 2.24) is 0 Å². The number of rotatable bonds is 4.